The molecule has 160 valence electrons. The third-order valence-corrected chi connectivity index (χ3v) is 4.89. The Morgan fingerprint density at radius 1 is 1.21 bits per heavy atom. The highest BCUT2D eigenvalue weighted by Crippen LogP contribution is 2.36. The van der Waals surface area contributed by atoms with Crippen molar-refractivity contribution in [3.63, 3.8) is 0 Å². The van der Waals surface area contributed by atoms with E-state index in [0.29, 0.717) is 18.0 Å². The van der Waals surface area contributed by atoms with Crippen LogP contribution >= 0.6 is 39.9 Å². The highest BCUT2D eigenvalue weighted by Gasteiger charge is 2.11. The highest BCUT2D eigenvalue weighted by molar-refractivity contribution is 14.0. The van der Waals surface area contributed by atoms with Crippen LogP contribution in [0.1, 0.15) is 18.9 Å². The topological polar surface area (TPSA) is 67.4 Å². The number of nitrogens with one attached hydrogen (secondary N) is 2. The van der Waals surface area contributed by atoms with Crippen molar-refractivity contribution in [2.45, 2.75) is 19.9 Å². The van der Waals surface area contributed by atoms with Crippen LogP contribution in [-0.2, 0) is 11.3 Å². The Labute approximate surface area is 193 Å². The Balaban J connectivity index is 0.00000392. The maximum absolute atomic E-state index is 5.40. The molecule has 9 heteroatoms. The van der Waals surface area contributed by atoms with Crippen LogP contribution in [0.5, 0.6) is 11.5 Å². The Morgan fingerprint density at radius 2 is 1.96 bits per heavy atom. The number of benzene rings is 1. The summed E-state index contributed by atoms with van der Waals surface area (Å²) in [6.45, 7) is 9.17. The molecule has 1 saturated heterocycles. The van der Waals surface area contributed by atoms with Gasteiger partial charge in [0.05, 0.1) is 38.5 Å². The van der Waals surface area contributed by atoms with E-state index < -0.39 is 0 Å². The number of ether oxygens (including phenoxy) is 3. The van der Waals surface area contributed by atoms with Gasteiger partial charge >= 0.3 is 0 Å². The van der Waals surface area contributed by atoms with E-state index in [1.165, 1.54) is 0 Å². The Hall–Kier alpha value is -0.780. The molecule has 0 amide bonds. The fourth-order valence-corrected chi connectivity index (χ4v) is 3.56. The number of aliphatic imine (C=N–C) groups is 1. The maximum atomic E-state index is 5.40. The number of morpholine rings is 1. The summed E-state index contributed by atoms with van der Waals surface area (Å²) in [7, 11) is 3.27. The molecule has 2 N–H and O–H groups in total. The van der Waals surface area contributed by atoms with Crippen molar-refractivity contribution in [3.8, 4) is 11.5 Å². The Kier molecular flexibility index (Phi) is 12.8. The largest absolute Gasteiger partial charge is 0.493 e. The zero-order valence-electron chi connectivity index (χ0n) is 16.9. The molecule has 1 aliphatic rings. The van der Waals surface area contributed by atoms with E-state index in [1.54, 1.807) is 14.2 Å². The van der Waals surface area contributed by atoms with Gasteiger partial charge in [0, 0.05) is 26.2 Å². The summed E-state index contributed by atoms with van der Waals surface area (Å²) in [5.41, 5.74) is 1.05. The zero-order valence-corrected chi connectivity index (χ0v) is 20.8. The summed E-state index contributed by atoms with van der Waals surface area (Å²) in [4.78, 5) is 7.12. The van der Waals surface area contributed by atoms with Crippen molar-refractivity contribution in [2.24, 2.45) is 4.99 Å². The quantitative estimate of drug-likeness (QED) is 0.206. The van der Waals surface area contributed by atoms with Gasteiger partial charge < -0.3 is 24.8 Å². The summed E-state index contributed by atoms with van der Waals surface area (Å²) in [6.07, 6.45) is 1.08. The highest BCUT2D eigenvalue weighted by atomic mass is 127. The lowest BCUT2D eigenvalue weighted by atomic mass is 10.2. The van der Waals surface area contributed by atoms with Crippen molar-refractivity contribution in [2.75, 3.05) is 60.2 Å². The minimum absolute atomic E-state index is 0. The first-order valence-electron chi connectivity index (χ1n) is 9.40. The summed E-state index contributed by atoms with van der Waals surface area (Å²) < 4.78 is 17.0. The standard InChI is InChI=1S/C19H31BrN4O3.HI/c1-4-21-19(22-6-5-7-24-8-10-27-11-9-24)23-14-15-12-16(20)18(26-3)17(13-15)25-2;/h12-13H,4-11,14H2,1-3H3,(H2,21,22,23);1H. The summed E-state index contributed by atoms with van der Waals surface area (Å²) in [5, 5.41) is 6.70. The Morgan fingerprint density at radius 3 is 2.61 bits per heavy atom. The van der Waals surface area contributed by atoms with E-state index in [0.717, 1.165) is 68.4 Å². The van der Waals surface area contributed by atoms with E-state index in [2.05, 4.69) is 43.4 Å². The van der Waals surface area contributed by atoms with Gasteiger partial charge in [-0.25, -0.2) is 4.99 Å². The average Bonchev–Trinajstić information content (AvgIpc) is 2.69. The molecule has 2 rings (SSSR count). The van der Waals surface area contributed by atoms with Crippen molar-refractivity contribution in [3.05, 3.63) is 22.2 Å². The van der Waals surface area contributed by atoms with Gasteiger partial charge in [-0.2, -0.15) is 0 Å². The molecule has 1 aromatic rings. The number of nitrogens with zero attached hydrogens (tertiary/aromatic N) is 2. The van der Waals surface area contributed by atoms with Gasteiger partial charge in [-0.15, -0.1) is 24.0 Å². The van der Waals surface area contributed by atoms with Crippen LogP contribution in [0, 0.1) is 0 Å². The van der Waals surface area contributed by atoms with Crippen LogP contribution in [0.4, 0.5) is 0 Å². The van der Waals surface area contributed by atoms with Gasteiger partial charge in [-0.3, -0.25) is 4.90 Å². The van der Waals surface area contributed by atoms with Crippen LogP contribution in [0.3, 0.4) is 0 Å². The predicted molar refractivity (Wildman–Crippen MR) is 127 cm³/mol. The molecule has 0 saturated carbocycles. The van der Waals surface area contributed by atoms with Gasteiger partial charge in [-0.1, -0.05) is 0 Å². The van der Waals surface area contributed by atoms with E-state index in [1.807, 2.05) is 12.1 Å². The van der Waals surface area contributed by atoms with Gasteiger partial charge in [0.1, 0.15) is 0 Å². The number of methoxy groups -OCH3 is 2. The minimum Gasteiger partial charge on any atom is -0.493 e. The number of halogens is 2. The van der Waals surface area contributed by atoms with Crippen LogP contribution in [-0.4, -0.2) is 71.0 Å². The van der Waals surface area contributed by atoms with Crippen molar-refractivity contribution < 1.29 is 14.2 Å². The van der Waals surface area contributed by atoms with E-state index in [9.17, 15) is 0 Å². The molecule has 0 atom stereocenters. The van der Waals surface area contributed by atoms with E-state index >= 15 is 0 Å². The lowest BCUT2D eigenvalue weighted by Crippen LogP contribution is -2.40. The monoisotopic (exact) mass is 570 g/mol. The SMILES string of the molecule is CCNC(=NCc1cc(Br)c(OC)c(OC)c1)NCCCN1CCOCC1.I. The molecule has 1 aliphatic heterocycles. The predicted octanol–water partition coefficient (Wildman–Crippen LogP) is 2.86. The Bertz CT molecular complexity index is 613. The molecule has 1 heterocycles. The van der Waals surface area contributed by atoms with Crippen LogP contribution in [0.2, 0.25) is 0 Å². The van der Waals surface area contributed by atoms with Gasteiger partial charge in [0.2, 0.25) is 0 Å². The second-order valence-electron chi connectivity index (χ2n) is 6.24. The van der Waals surface area contributed by atoms with E-state index in [4.69, 9.17) is 14.2 Å². The number of rotatable bonds is 9. The third kappa shape index (κ3) is 8.30. The zero-order chi connectivity index (χ0) is 19.5. The first-order valence-corrected chi connectivity index (χ1v) is 10.2. The average molecular weight is 571 g/mol. The second-order valence-corrected chi connectivity index (χ2v) is 7.10. The molecule has 0 aliphatic carbocycles. The normalized spacial score (nSPS) is 14.9. The van der Waals surface area contributed by atoms with Crippen LogP contribution < -0.4 is 20.1 Å². The molecule has 0 spiro atoms. The van der Waals surface area contributed by atoms with Gasteiger partial charge in [0.15, 0.2) is 17.5 Å². The van der Waals surface area contributed by atoms with Gasteiger partial charge in [0.25, 0.3) is 0 Å². The fourth-order valence-electron chi connectivity index (χ4n) is 2.91. The fraction of sp³-hybridized carbons (Fsp3) is 0.632. The molecule has 0 aromatic heterocycles. The molecule has 28 heavy (non-hydrogen) atoms. The number of hydrogen-bond donors (Lipinski definition) is 2. The lowest BCUT2D eigenvalue weighted by Gasteiger charge is -2.26. The van der Waals surface area contributed by atoms with Gasteiger partial charge in [-0.05, 0) is 53.5 Å². The van der Waals surface area contributed by atoms with Crippen molar-refractivity contribution in [1.82, 2.24) is 15.5 Å². The first-order chi connectivity index (χ1) is 13.2. The smallest absolute Gasteiger partial charge is 0.191 e. The summed E-state index contributed by atoms with van der Waals surface area (Å²) in [5.74, 6) is 2.21. The maximum Gasteiger partial charge on any atom is 0.191 e. The van der Waals surface area contributed by atoms with Crippen molar-refractivity contribution >= 4 is 45.9 Å². The molecular weight excluding hydrogens is 539 g/mol. The minimum atomic E-state index is 0. The summed E-state index contributed by atoms with van der Waals surface area (Å²) >= 11 is 3.53. The first kappa shape index (κ1) is 25.3. The molecule has 7 nitrogen and oxygen atoms in total. The lowest BCUT2D eigenvalue weighted by molar-refractivity contribution is 0.0376. The third-order valence-electron chi connectivity index (χ3n) is 4.30. The summed E-state index contributed by atoms with van der Waals surface area (Å²) in [6, 6.07) is 3.96. The number of guanidine groups is 1. The molecular formula is C19H32BrIN4O3. The molecule has 1 aromatic carbocycles. The molecule has 0 radical (unpaired) electrons. The second kappa shape index (κ2) is 14.2. The number of hydrogen-bond acceptors (Lipinski definition) is 5. The van der Waals surface area contributed by atoms with Crippen LogP contribution in [0.25, 0.3) is 0 Å². The van der Waals surface area contributed by atoms with E-state index in [-0.39, 0.29) is 24.0 Å². The van der Waals surface area contributed by atoms with Crippen LogP contribution in [0.15, 0.2) is 21.6 Å². The van der Waals surface area contributed by atoms with Crippen molar-refractivity contribution in [1.29, 1.82) is 0 Å². The molecule has 0 unspecified atom stereocenters. The molecule has 0 bridgehead atoms. The molecule has 1 fully saturated rings.